The van der Waals surface area contributed by atoms with Crippen LogP contribution in [0.3, 0.4) is 0 Å². The number of fused-ring (bicyclic) bond motifs is 1. The number of benzene rings is 2. The molecule has 0 spiro atoms. The fourth-order valence-corrected chi connectivity index (χ4v) is 4.91. The molecule has 0 unspecified atom stereocenters. The van der Waals surface area contributed by atoms with Crippen LogP contribution in [0.15, 0.2) is 47.4 Å². The third-order valence-corrected chi connectivity index (χ3v) is 6.87. The predicted octanol–water partition coefficient (Wildman–Crippen LogP) is 3.55. The number of thiocarbonyl (C=S) groups is 1. The molecule has 1 fully saturated rings. The molecule has 2 heterocycles. The molecule has 0 aromatic heterocycles. The van der Waals surface area contributed by atoms with Gasteiger partial charge in [-0.2, -0.15) is 0 Å². The number of rotatable bonds is 9. The van der Waals surface area contributed by atoms with Crippen molar-refractivity contribution in [2.75, 3.05) is 13.3 Å². The Bertz CT molecular complexity index is 1300. The Balaban J connectivity index is 1.17. The van der Waals surface area contributed by atoms with Gasteiger partial charge in [0, 0.05) is 30.7 Å². The van der Waals surface area contributed by atoms with E-state index >= 15 is 0 Å². The molecule has 2 N–H and O–H groups in total. The minimum Gasteiger partial charge on any atom is -0.454 e. The average molecular weight is 543 g/mol. The molecule has 0 aliphatic carbocycles. The molecule has 11 nitrogen and oxygen atoms in total. The number of carbonyl (C=O) groups excluding carboxylic acids is 3. The number of hydrazine groups is 1. The summed E-state index contributed by atoms with van der Waals surface area (Å²) < 4.78 is 11.2. The van der Waals surface area contributed by atoms with Crippen molar-refractivity contribution in [3.05, 3.63) is 68.6 Å². The minimum atomic E-state index is -0.653. The zero-order valence-corrected chi connectivity index (χ0v) is 21.1. The van der Waals surface area contributed by atoms with Crippen LogP contribution in [0, 0.1) is 10.1 Å². The number of hydrogen-bond acceptors (Lipinski definition) is 9. The van der Waals surface area contributed by atoms with Gasteiger partial charge in [-0.3, -0.25) is 40.2 Å². The molecule has 0 saturated carbocycles. The molecular weight excluding hydrogens is 520 g/mol. The van der Waals surface area contributed by atoms with E-state index in [4.69, 9.17) is 21.7 Å². The van der Waals surface area contributed by atoms with E-state index in [0.717, 1.165) is 11.6 Å². The first kappa shape index (κ1) is 26.1. The summed E-state index contributed by atoms with van der Waals surface area (Å²) in [7, 11) is 0. The van der Waals surface area contributed by atoms with E-state index in [0.29, 0.717) is 46.5 Å². The van der Waals surface area contributed by atoms with Gasteiger partial charge in [0.1, 0.15) is 4.32 Å². The molecule has 2 aromatic carbocycles. The van der Waals surface area contributed by atoms with Gasteiger partial charge in [0.2, 0.25) is 12.7 Å². The highest BCUT2D eigenvalue weighted by atomic mass is 32.2. The Morgan fingerprint density at radius 3 is 2.73 bits per heavy atom. The molecule has 4 rings (SSSR count). The number of non-ortho nitro benzene ring substituents is 1. The van der Waals surface area contributed by atoms with Crippen molar-refractivity contribution in [1.82, 2.24) is 15.8 Å². The Kier molecular flexibility index (Phi) is 8.36. The van der Waals surface area contributed by atoms with E-state index in [9.17, 15) is 24.5 Å². The Morgan fingerprint density at radius 2 is 1.92 bits per heavy atom. The van der Waals surface area contributed by atoms with Gasteiger partial charge in [-0.15, -0.1) is 0 Å². The summed E-state index contributed by atoms with van der Waals surface area (Å²) >= 11 is 6.62. The Labute approximate surface area is 221 Å². The number of thioether (sulfide) groups is 1. The number of carbonyl (C=O) groups is 3. The molecule has 37 heavy (non-hydrogen) atoms. The highest BCUT2D eigenvalue weighted by Gasteiger charge is 2.31. The van der Waals surface area contributed by atoms with Gasteiger partial charge < -0.3 is 9.47 Å². The van der Waals surface area contributed by atoms with E-state index < -0.39 is 16.7 Å². The van der Waals surface area contributed by atoms with E-state index in [1.807, 2.05) is 12.1 Å². The third-order valence-electron chi connectivity index (χ3n) is 5.49. The smallest absolute Gasteiger partial charge is 0.270 e. The Hall–Kier alpha value is -3.97. The van der Waals surface area contributed by atoms with Gasteiger partial charge in [-0.05, 0) is 42.7 Å². The molecule has 0 atom stereocenters. The summed E-state index contributed by atoms with van der Waals surface area (Å²) in [5.41, 5.74) is 5.20. The lowest BCUT2D eigenvalue weighted by Crippen LogP contribution is -2.41. The van der Waals surface area contributed by atoms with Crippen LogP contribution in [-0.4, -0.2) is 45.2 Å². The number of nitro benzene ring substituents is 1. The fraction of sp³-hybridized carbons (Fsp3) is 0.250. The minimum absolute atomic E-state index is 0.0607. The number of nitrogens with zero attached hydrogens (tertiary/aromatic N) is 2. The van der Waals surface area contributed by atoms with Gasteiger partial charge in [-0.1, -0.05) is 42.5 Å². The standard InChI is InChI=1S/C24H22N4O7S2/c29-21(25-26-22(30)16-5-4-6-17(13-16)28(32)33)7-2-1-3-10-27-23(31)20(37-24(27)36)12-15-8-9-18-19(11-15)35-14-34-18/h4-6,8-9,11-13H,1-3,7,10,14H2,(H,25,29)(H,26,30)/b20-12-. The lowest BCUT2D eigenvalue weighted by molar-refractivity contribution is -0.384. The monoisotopic (exact) mass is 542 g/mol. The van der Waals surface area contributed by atoms with Crippen LogP contribution in [0.1, 0.15) is 41.6 Å². The molecule has 2 aromatic rings. The largest absolute Gasteiger partial charge is 0.454 e. The number of nitro groups is 1. The van der Waals surface area contributed by atoms with Crippen LogP contribution < -0.4 is 20.3 Å². The summed E-state index contributed by atoms with van der Waals surface area (Å²) in [6.45, 7) is 0.617. The van der Waals surface area contributed by atoms with Crippen molar-refractivity contribution in [2.24, 2.45) is 0 Å². The van der Waals surface area contributed by atoms with Crippen molar-refractivity contribution >= 4 is 57.8 Å². The van der Waals surface area contributed by atoms with Crippen LogP contribution in [0.4, 0.5) is 5.69 Å². The van der Waals surface area contributed by atoms with Gasteiger partial charge in [0.15, 0.2) is 11.5 Å². The number of hydrogen-bond donors (Lipinski definition) is 2. The van der Waals surface area contributed by atoms with Crippen LogP contribution in [0.5, 0.6) is 11.5 Å². The molecule has 0 bridgehead atoms. The highest BCUT2D eigenvalue weighted by molar-refractivity contribution is 8.26. The zero-order valence-electron chi connectivity index (χ0n) is 19.4. The molecule has 1 saturated heterocycles. The van der Waals surface area contributed by atoms with E-state index in [1.165, 1.54) is 30.0 Å². The molecular formula is C24H22N4O7S2. The maximum absolute atomic E-state index is 12.8. The second-order valence-corrected chi connectivity index (χ2v) is 9.74. The molecule has 13 heteroatoms. The lowest BCUT2D eigenvalue weighted by Gasteiger charge is -2.14. The van der Waals surface area contributed by atoms with Crippen molar-refractivity contribution in [2.45, 2.75) is 25.7 Å². The highest BCUT2D eigenvalue weighted by Crippen LogP contribution is 2.36. The van der Waals surface area contributed by atoms with Crippen LogP contribution in [0.25, 0.3) is 6.08 Å². The molecule has 192 valence electrons. The third kappa shape index (κ3) is 6.62. The summed E-state index contributed by atoms with van der Waals surface area (Å²) in [6, 6.07) is 10.6. The Morgan fingerprint density at radius 1 is 1.11 bits per heavy atom. The maximum Gasteiger partial charge on any atom is 0.270 e. The summed E-state index contributed by atoms with van der Waals surface area (Å²) in [5.74, 6) is 0.102. The van der Waals surface area contributed by atoms with Crippen molar-refractivity contribution in [1.29, 1.82) is 0 Å². The van der Waals surface area contributed by atoms with Gasteiger partial charge in [0.05, 0.1) is 9.83 Å². The van der Waals surface area contributed by atoms with E-state index in [1.54, 1.807) is 17.0 Å². The summed E-state index contributed by atoms with van der Waals surface area (Å²) in [4.78, 5) is 49.2. The first-order valence-corrected chi connectivity index (χ1v) is 12.5. The normalized spacial score (nSPS) is 15.2. The number of amides is 3. The summed E-state index contributed by atoms with van der Waals surface area (Å²) in [6.07, 6.45) is 3.80. The number of ether oxygens (including phenoxy) is 2. The molecule has 3 amide bonds. The van der Waals surface area contributed by atoms with E-state index in [-0.39, 0.29) is 30.4 Å². The van der Waals surface area contributed by atoms with Gasteiger partial charge >= 0.3 is 0 Å². The fourth-order valence-electron chi connectivity index (χ4n) is 3.60. The zero-order chi connectivity index (χ0) is 26.4. The number of unbranched alkanes of at least 4 members (excludes halogenated alkanes) is 2. The first-order chi connectivity index (χ1) is 17.8. The average Bonchev–Trinajstić information content (AvgIpc) is 3.46. The first-order valence-electron chi connectivity index (χ1n) is 11.3. The second-order valence-electron chi connectivity index (χ2n) is 8.07. The maximum atomic E-state index is 12.8. The molecule has 2 aliphatic heterocycles. The summed E-state index contributed by atoms with van der Waals surface area (Å²) in [5, 5.41) is 10.8. The molecule has 0 radical (unpaired) electrons. The molecule has 2 aliphatic rings. The van der Waals surface area contributed by atoms with Crippen molar-refractivity contribution in [3.8, 4) is 11.5 Å². The van der Waals surface area contributed by atoms with E-state index in [2.05, 4.69) is 10.9 Å². The van der Waals surface area contributed by atoms with Gasteiger partial charge in [0.25, 0.3) is 17.5 Å². The lowest BCUT2D eigenvalue weighted by atomic mass is 10.1. The number of nitrogens with one attached hydrogen (secondary N) is 2. The SMILES string of the molecule is O=C(CCCCCN1C(=O)/C(=C/c2ccc3c(c2)OCO3)SC1=S)NNC(=O)c1cccc([N+](=O)[O-])c1. The van der Waals surface area contributed by atoms with Crippen molar-refractivity contribution in [3.63, 3.8) is 0 Å². The van der Waals surface area contributed by atoms with Crippen LogP contribution >= 0.6 is 24.0 Å². The van der Waals surface area contributed by atoms with Crippen molar-refractivity contribution < 1.29 is 28.8 Å². The quantitative estimate of drug-likeness (QED) is 0.160. The van der Waals surface area contributed by atoms with Gasteiger partial charge in [-0.25, -0.2) is 0 Å². The topological polar surface area (TPSA) is 140 Å². The predicted molar refractivity (Wildman–Crippen MR) is 140 cm³/mol. The van der Waals surface area contributed by atoms with Crippen LogP contribution in [0.2, 0.25) is 0 Å². The van der Waals surface area contributed by atoms with Crippen LogP contribution in [-0.2, 0) is 9.59 Å². The second kappa shape index (κ2) is 11.8.